The van der Waals surface area contributed by atoms with Gasteiger partial charge in [0.15, 0.2) is 6.29 Å². The Balaban J connectivity index is 3.11. The van der Waals surface area contributed by atoms with Crippen molar-refractivity contribution in [3.63, 3.8) is 0 Å². The minimum Gasteiger partial charge on any atom is -0.496 e. The van der Waals surface area contributed by atoms with Crippen molar-refractivity contribution >= 4 is 15.9 Å². The fourth-order valence-corrected chi connectivity index (χ4v) is 1.90. The van der Waals surface area contributed by atoms with Crippen LogP contribution in [0.2, 0.25) is 0 Å². The second kappa shape index (κ2) is 6.99. The molecule has 0 aliphatic carbocycles. The van der Waals surface area contributed by atoms with E-state index in [0.717, 1.165) is 21.3 Å². The molecule has 3 nitrogen and oxygen atoms in total. The van der Waals surface area contributed by atoms with Crippen LogP contribution in [0.15, 0.2) is 16.6 Å². The minimum absolute atomic E-state index is 0.369. The van der Waals surface area contributed by atoms with Crippen molar-refractivity contribution in [3.05, 3.63) is 27.7 Å². The van der Waals surface area contributed by atoms with E-state index in [9.17, 15) is 0 Å². The summed E-state index contributed by atoms with van der Waals surface area (Å²) in [6.07, 6.45) is -0.369. The average Bonchev–Trinajstić information content (AvgIpc) is 2.32. The number of benzene rings is 1. The molecule has 0 fully saturated rings. The van der Waals surface area contributed by atoms with Gasteiger partial charge in [-0.05, 0) is 38.5 Å². The zero-order valence-electron chi connectivity index (χ0n) is 10.7. The van der Waals surface area contributed by atoms with Crippen LogP contribution in [0.25, 0.3) is 0 Å². The van der Waals surface area contributed by atoms with E-state index in [1.165, 1.54) is 0 Å². The van der Waals surface area contributed by atoms with Crippen LogP contribution in [-0.2, 0) is 9.47 Å². The first-order chi connectivity index (χ1) is 8.13. The molecule has 1 rings (SSSR count). The number of methoxy groups -OCH3 is 1. The third-order valence-corrected chi connectivity index (χ3v) is 3.26. The summed E-state index contributed by atoms with van der Waals surface area (Å²) < 4.78 is 17.6. The highest BCUT2D eigenvalue weighted by Gasteiger charge is 2.18. The van der Waals surface area contributed by atoms with Crippen LogP contribution in [0.4, 0.5) is 0 Å². The Morgan fingerprint density at radius 3 is 2.24 bits per heavy atom. The van der Waals surface area contributed by atoms with Gasteiger partial charge in [0.2, 0.25) is 0 Å². The van der Waals surface area contributed by atoms with Gasteiger partial charge in [0.1, 0.15) is 5.75 Å². The van der Waals surface area contributed by atoms with Gasteiger partial charge in [0.05, 0.1) is 12.7 Å². The largest absolute Gasteiger partial charge is 0.496 e. The highest BCUT2D eigenvalue weighted by Crippen LogP contribution is 2.33. The Hall–Kier alpha value is -0.580. The van der Waals surface area contributed by atoms with Gasteiger partial charge >= 0.3 is 0 Å². The van der Waals surface area contributed by atoms with Gasteiger partial charge in [-0.25, -0.2) is 0 Å². The Morgan fingerprint density at radius 1 is 1.18 bits per heavy atom. The van der Waals surface area contributed by atoms with Crippen molar-refractivity contribution in [2.45, 2.75) is 27.1 Å². The molecule has 0 aliphatic heterocycles. The summed E-state index contributed by atoms with van der Waals surface area (Å²) in [5.41, 5.74) is 2.06. The van der Waals surface area contributed by atoms with Crippen molar-refractivity contribution < 1.29 is 14.2 Å². The molecule has 0 amide bonds. The lowest BCUT2D eigenvalue weighted by Crippen LogP contribution is -2.10. The van der Waals surface area contributed by atoms with E-state index in [1.54, 1.807) is 7.11 Å². The standard InChI is InChI=1S/C13H19BrO3/c1-5-16-13(17-6-2)10-7-9(3)11(14)8-12(10)15-4/h7-8,13H,5-6H2,1-4H3. The molecule has 4 heteroatoms. The molecule has 0 saturated heterocycles. The smallest absolute Gasteiger partial charge is 0.187 e. The lowest BCUT2D eigenvalue weighted by molar-refractivity contribution is -0.141. The SMILES string of the molecule is CCOC(OCC)c1cc(C)c(Br)cc1OC. The summed E-state index contributed by atoms with van der Waals surface area (Å²) in [5.74, 6) is 0.773. The van der Waals surface area contributed by atoms with Gasteiger partial charge in [0.25, 0.3) is 0 Å². The van der Waals surface area contributed by atoms with E-state index in [2.05, 4.69) is 15.9 Å². The monoisotopic (exact) mass is 302 g/mol. The maximum atomic E-state index is 5.59. The summed E-state index contributed by atoms with van der Waals surface area (Å²) in [6.45, 7) is 7.13. The molecule has 96 valence electrons. The summed E-state index contributed by atoms with van der Waals surface area (Å²) in [7, 11) is 1.65. The molecule has 1 aromatic carbocycles. The Kier molecular flexibility index (Phi) is 5.95. The third kappa shape index (κ3) is 3.69. The van der Waals surface area contributed by atoms with E-state index < -0.39 is 0 Å². The highest BCUT2D eigenvalue weighted by atomic mass is 79.9. The number of halogens is 1. The molecular formula is C13H19BrO3. The molecule has 0 N–H and O–H groups in total. The molecule has 0 aliphatic rings. The molecule has 17 heavy (non-hydrogen) atoms. The van der Waals surface area contributed by atoms with Crippen molar-refractivity contribution in [1.82, 2.24) is 0 Å². The van der Waals surface area contributed by atoms with E-state index in [-0.39, 0.29) is 6.29 Å². The van der Waals surface area contributed by atoms with Gasteiger partial charge in [0, 0.05) is 17.7 Å². The Bertz CT molecular complexity index is 360. The minimum atomic E-state index is -0.369. The predicted molar refractivity (Wildman–Crippen MR) is 71.4 cm³/mol. The molecule has 0 saturated carbocycles. The predicted octanol–water partition coefficient (Wildman–Crippen LogP) is 3.84. The van der Waals surface area contributed by atoms with Crippen molar-refractivity contribution in [3.8, 4) is 5.75 Å². The summed E-state index contributed by atoms with van der Waals surface area (Å²) in [4.78, 5) is 0. The van der Waals surface area contributed by atoms with Crippen molar-refractivity contribution in [1.29, 1.82) is 0 Å². The van der Waals surface area contributed by atoms with Crippen LogP contribution in [0, 0.1) is 6.92 Å². The molecule has 0 heterocycles. The zero-order chi connectivity index (χ0) is 12.8. The molecule has 0 aromatic heterocycles. The molecular weight excluding hydrogens is 284 g/mol. The second-order valence-corrected chi connectivity index (χ2v) is 4.44. The number of hydrogen-bond acceptors (Lipinski definition) is 3. The van der Waals surface area contributed by atoms with Crippen LogP contribution in [0.5, 0.6) is 5.75 Å². The average molecular weight is 303 g/mol. The van der Waals surface area contributed by atoms with Gasteiger partial charge in [-0.1, -0.05) is 15.9 Å². The topological polar surface area (TPSA) is 27.7 Å². The van der Waals surface area contributed by atoms with Crippen LogP contribution >= 0.6 is 15.9 Å². The fraction of sp³-hybridized carbons (Fsp3) is 0.538. The van der Waals surface area contributed by atoms with Crippen molar-refractivity contribution in [2.75, 3.05) is 20.3 Å². The second-order valence-electron chi connectivity index (χ2n) is 3.59. The van der Waals surface area contributed by atoms with Crippen LogP contribution in [0.1, 0.15) is 31.3 Å². The van der Waals surface area contributed by atoms with Crippen LogP contribution in [0.3, 0.4) is 0 Å². The fourth-order valence-electron chi connectivity index (χ4n) is 1.58. The first-order valence-corrected chi connectivity index (χ1v) is 6.50. The number of rotatable bonds is 6. The van der Waals surface area contributed by atoms with Crippen LogP contribution in [-0.4, -0.2) is 20.3 Å². The third-order valence-electron chi connectivity index (χ3n) is 2.40. The van der Waals surface area contributed by atoms with Gasteiger partial charge in [-0.3, -0.25) is 0 Å². The summed E-state index contributed by atoms with van der Waals surface area (Å²) >= 11 is 3.49. The molecule has 0 unspecified atom stereocenters. The lowest BCUT2D eigenvalue weighted by atomic mass is 10.1. The first kappa shape index (κ1) is 14.5. The molecule has 0 radical (unpaired) electrons. The van der Waals surface area contributed by atoms with Gasteiger partial charge < -0.3 is 14.2 Å². The molecule has 0 bridgehead atoms. The maximum Gasteiger partial charge on any atom is 0.187 e. The lowest BCUT2D eigenvalue weighted by Gasteiger charge is -2.20. The van der Waals surface area contributed by atoms with Gasteiger partial charge in [-0.2, -0.15) is 0 Å². The number of aryl methyl sites for hydroxylation is 1. The summed E-state index contributed by atoms with van der Waals surface area (Å²) in [5, 5.41) is 0. The Labute approximate surface area is 111 Å². The summed E-state index contributed by atoms with van der Waals surface area (Å²) in [6, 6.07) is 3.97. The van der Waals surface area contributed by atoms with E-state index in [1.807, 2.05) is 32.9 Å². The van der Waals surface area contributed by atoms with Crippen LogP contribution < -0.4 is 4.74 Å². The zero-order valence-corrected chi connectivity index (χ0v) is 12.3. The van der Waals surface area contributed by atoms with E-state index in [0.29, 0.717) is 13.2 Å². The Morgan fingerprint density at radius 2 is 1.76 bits per heavy atom. The highest BCUT2D eigenvalue weighted by molar-refractivity contribution is 9.10. The first-order valence-electron chi connectivity index (χ1n) is 5.71. The van der Waals surface area contributed by atoms with Gasteiger partial charge in [-0.15, -0.1) is 0 Å². The maximum absolute atomic E-state index is 5.59. The van der Waals surface area contributed by atoms with E-state index >= 15 is 0 Å². The number of ether oxygens (including phenoxy) is 3. The normalized spacial score (nSPS) is 10.9. The molecule has 0 spiro atoms. The van der Waals surface area contributed by atoms with Crippen molar-refractivity contribution in [2.24, 2.45) is 0 Å². The quantitative estimate of drug-likeness (QED) is 0.747. The van der Waals surface area contributed by atoms with E-state index in [4.69, 9.17) is 14.2 Å². The molecule has 1 aromatic rings. The molecule has 0 atom stereocenters. The number of hydrogen-bond donors (Lipinski definition) is 0.